The first-order valence-electron chi connectivity index (χ1n) is 5.29. The summed E-state index contributed by atoms with van der Waals surface area (Å²) in [6.07, 6.45) is 5.36. The van der Waals surface area contributed by atoms with Gasteiger partial charge in [-0.2, -0.15) is 0 Å². The zero-order chi connectivity index (χ0) is 12.1. The Labute approximate surface area is 101 Å². The molecule has 17 heavy (non-hydrogen) atoms. The van der Waals surface area contributed by atoms with Crippen LogP contribution in [-0.2, 0) is 0 Å². The van der Waals surface area contributed by atoms with Crippen molar-refractivity contribution >= 4 is 11.4 Å². The number of benzene rings is 2. The van der Waals surface area contributed by atoms with Gasteiger partial charge in [0.2, 0.25) is 0 Å². The summed E-state index contributed by atoms with van der Waals surface area (Å²) in [7, 11) is 1.65. The van der Waals surface area contributed by atoms with E-state index >= 15 is 0 Å². The average molecular weight is 223 g/mol. The molecule has 2 aromatic rings. The van der Waals surface area contributed by atoms with Crippen molar-refractivity contribution in [1.29, 1.82) is 0 Å². The fraction of sp³-hybridized carbons (Fsp3) is 0.0667. The van der Waals surface area contributed by atoms with E-state index in [1.807, 2.05) is 48.5 Å². The van der Waals surface area contributed by atoms with Crippen LogP contribution < -0.4 is 10.1 Å². The van der Waals surface area contributed by atoms with Crippen molar-refractivity contribution in [2.24, 2.45) is 0 Å². The number of anilines is 2. The monoisotopic (exact) mass is 223 g/mol. The summed E-state index contributed by atoms with van der Waals surface area (Å²) in [5.41, 5.74) is 2.80. The lowest BCUT2D eigenvalue weighted by Crippen LogP contribution is -1.91. The third-order valence-corrected chi connectivity index (χ3v) is 2.39. The van der Waals surface area contributed by atoms with Crippen molar-refractivity contribution in [2.45, 2.75) is 0 Å². The normalized spacial score (nSPS) is 9.41. The Morgan fingerprint density at radius 2 is 1.76 bits per heavy atom. The molecule has 0 unspecified atom stereocenters. The van der Waals surface area contributed by atoms with E-state index in [9.17, 15) is 0 Å². The second kappa shape index (κ2) is 5.09. The second-order valence-electron chi connectivity index (χ2n) is 3.58. The van der Waals surface area contributed by atoms with Gasteiger partial charge in [-0.25, -0.2) is 0 Å². The molecule has 0 saturated carbocycles. The smallest absolute Gasteiger partial charge is 0.120 e. The summed E-state index contributed by atoms with van der Waals surface area (Å²) in [6.45, 7) is 0. The lowest BCUT2D eigenvalue weighted by molar-refractivity contribution is 0.415. The number of hydrogen-bond acceptors (Lipinski definition) is 2. The first-order chi connectivity index (χ1) is 8.31. The summed E-state index contributed by atoms with van der Waals surface area (Å²) in [6, 6.07) is 15.5. The molecule has 2 rings (SSSR count). The predicted molar refractivity (Wildman–Crippen MR) is 70.7 cm³/mol. The number of hydrogen-bond donors (Lipinski definition) is 1. The van der Waals surface area contributed by atoms with Crippen LogP contribution in [0.15, 0.2) is 48.5 Å². The minimum atomic E-state index is 0.822. The van der Waals surface area contributed by atoms with Gasteiger partial charge in [0.25, 0.3) is 0 Å². The van der Waals surface area contributed by atoms with Gasteiger partial charge >= 0.3 is 0 Å². The highest BCUT2D eigenvalue weighted by atomic mass is 16.5. The number of ether oxygens (including phenoxy) is 1. The van der Waals surface area contributed by atoms with Crippen LogP contribution in [0.25, 0.3) is 0 Å². The summed E-state index contributed by atoms with van der Waals surface area (Å²) >= 11 is 0. The molecule has 2 nitrogen and oxygen atoms in total. The first-order valence-corrected chi connectivity index (χ1v) is 5.29. The van der Waals surface area contributed by atoms with E-state index in [0.29, 0.717) is 0 Å². The van der Waals surface area contributed by atoms with Crippen LogP contribution in [0.2, 0.25) is 0 Å². The Balaban J connectivity index is 2.22. The van der Waals surface area contributed by atoms with Crippen molar-refractivity contribution < 1.29 is 4.74 Å². The van der Waals surface area contributed by atoms with E-state index in [4.69, 9.17) is 11.2 Å². The highest BCUT2D eigenvalue weighted by molar-refractivity contribution is 5.62. The van der Waals surface area contributed by atoms with Crippen LogP contribution in [0.5, 0.6) is 5.75 Å². The Morgan fingerprint density at radius 1 is 1.06 bits per heavy atom. The molecule has 0 spiro atoms. The van der Waals surface area contributed by atoms with Crippen LogP contribution in [0.3, 0.4) is 0 Å². The van der Waals surface area contributed by atoms with Crippen LogP contribution in [0, 0.1) is 12.3 Å². The minimum absolute atomic E-state index is 0.822. The molecule has 0 aromatic heterocycles. The van der Waals surface area contributed by atoms with Gasteiger partial charge in [-0.1, -0.05) is 18.1 Å². The third kappa shape index (κ3) is 2.79. The Bertz CT molecular complexity index is 555. The van der Waals surface area contributed by atoms with Gasteiger partial charge in [0.15, 0.2) is 0 Å². The molecule has 2 aromatic carbocycles. The quantitative estimate of drug-likeness (QED) is 0.805. The summed E-state index contributed by atoms with van der Waals surface area (Å²) in [5.74, 6) is 3.43. The topological polar surface area (TPSA) is 21.3 Å². The summed E-state index contributed by atoms with van der Waals surface area (Å²) in [4.78, 5) is 0. The molecule has 0 atom stereocenters. The molecule has 0 amide bonds. The molecule has 0 heterocycles. The standard InChI is InChI=1S/C15H13NO/c1-3-12-6-4-7-13(10-12)16-14-8-5-9-15(11-14)17-2/h1,4-11,16H,2H3. The predicted octanol–water partition coefficient (Wildman–Crippen LogP) is 3.42. The molecule has 0 bridgehead atoms. The first kappa shape index (κ1) is 11.1. The van der Waals surface area contributed by atoms with Crippen molar-refractivity contribution in [3.05, 3.63) is 54.1 Å². The Kier molecular flexibility index (Phi) is 3.32. The maximum Gasteiger partial charge on any atom is 0.120 e. The zero-order valence-corrected chi connectivity index (χ0v) is 9.60. The van der Waals surface area contributed by atoms with E-state index < -0.39 is 0 Å². The van der Waals surface area contributed by atoms with Crippen LogP contribution in [0.1, 0.15) is 5.56 Å². The van der Waals surface area contributed by atoms with Crippen molar-refractivity contribution in [1.82, 2.24) is 0 Å². The Morgan fingerprint density at radius 3 is 2.47 bits per heavy atom. The van der Waals surface area contributed by atoms with Crippen molar-refractivity contribution in [3.8, 4) is 18.1 Å². The molecular weight excluding hydrogens is 210 g/mol. The lowest BCUT2D eigenvalue weighted by Gasteiger charge is -2.08. The van der Waals surface area contributed by atoms with E-state index in [0.717, 1.165) is 22.7 Å². The molecule has 0 fully saturated rings. The summed E-state index contributed by atoms with van der Waals surface area (Å²) in [5, 5.41) is 3.28. The Hall–Kier alpha value is -2.40. The number of terminal acetylenes is 1. The molecule has 84 valence electrons. The van der Waals surface area contributed by atoms with E-state index in [-0.39, 0.29) is 0 Å². The average Bonchev–Trinajstić information content (AvgIpc) is 2.39. The lowest BCUT2D eigenvalue weighted by atomic mass is 10.2. The van der Waals surface area contributed by atoms with Gasteiger partial charge in [-0.05, 0) is 30.3 Å². The van der Waals surface area contributed by atoms with E-state index in [1.54, 1.807) is 7.11 Å². The zero-order valence-electron chi connectivity index (χ0n) is 9.60. The van der Waals surface area contributed by atoms with Gasteiger partial charge in [0.1, 0.15) is 5.75 Å². The number of rotatable bonds is 3. The fourth-order valence-electron chi connectivity index (χ4n) is 1.55. The number of methoxy groups -OCH3 is 1. The van der Waals surface area contributed by atoms with Gasteiger partial charge in [0.05, 0.1) is 7.11 Å². The van der Waals surface area contributed by atoms with Crippen LogP contribution in [0.4, 0.5) is 11.4 Å². The molecule has 0 radical (unpaired) electrons. The largest absolute Gasteiger partial charge is 0.497 e. The minimum Gasteiger partial charge on any atom is -0.497 e. The van der Waals surface area contributed by atoms with Gasteiger partial charge in [-0.15, -0.1) is 6.42 Å². The molecule has 0 saturated heterocycles. The second-order valence-corrected chi connectivity index (χ2v) is 3.58. The molecule has 1 N–H and O–H groups in total. The van der Waals surface area contributed by atoms with Gasteiger partial charge < -0.3 is 10.1 Å². The number of nitrogens with one attached hydrogen (secondary N) is 1. The molecule has 0 aliphatic carbocycles. The van der Waals surface area contributed by atoms with Gasteiger partial charge in [0, 0.05) is 23.0 Å². The molecular formula is C15H13NO. The van der Waals surface area contributed by atoms with Gasteiger partial charge in [-0.3, -0.25) is 0 Å². The van der Waals surface area contributed by atoms with Crippen molar-refractivity contribution in [3.63, 3.8) is 0 Å². The molecule has 0 aliphatic rings. The van der Waals surface area contributed by atoms with E-state index in [2.05, 4.69) is 11.2 Å². The van der Waals surface area contributed by atoms with Crippen LogP contribution in [-0.4, -0.2) is 7.11 Å². The molecule has 0 aliphatic heterocycles. The fourth-order valence-corrected chi connectivity index (χ4v) is 1.55. The third-order valence-electron chi connectivity index (χ3n) is 2.39. The maximum atomic E-state index is 5.36. The highest BCUT2D eigenvalue weighted by Crippen LogP contribution is 2.21. The highest BCUT2D eigenvalue weighted by Gasteiger charge is 1.97. The summed E-state index contributed by atoms with van der Waals surface area (Å²) < 4.78 is 5.17. The van der Waals surface area contributed by atoms with Crippen LogP contribution >= 0.6 is 0 Å². The van der Waals surface area contributed by atoms with Crippen molar-refractivity contribution in [2.75, 3.05) is 12.4 Å². The van der Waals surface area contributed by atoms with E-state index in [1.165, 1.54) is 0 Å². The SMILES string of the molecule is C#Cc1cccc(Nc2cccc(OC)c2)c1. The molecule has 2 heteroatoms. The maximum absolute atomic E-state index is 5.36.